The van der Waals surface area contributed by atoms with Gasteiger partial charge in [-0.3, -0.25) is 19.2 Å². The normalized spacial score (nSPS) is 11.5. The first-order valence-corrected chi connectivity index (χ1v) is 10.5. The molecule has 3 N–H and O–H groups in total. The Kier molecular flexibility index (Phi) is 8.34. The van der Waals surface area contributed by atoms with Gasteiger partial charge in [-0.1, -0.05) is 72.8 Å². The smallest absolute Gasteiger partial charge is 0.244 e. The van der Waals surface area contributed by atoms with Gasteiger partial charge in [0.05, 0.1) is 19.1 Å². The summed E-state index contributed by atoms with van der Waals surface area (Å²) >= 11 is 0. The lowest BCUT2D eigenvalue weighted by molar-refractivity contribution is -0.139. The van der Waals surface area contributed by atoms with Crippen LogP contribution in [0.5, 0.6) is 0 Å². The lowest BCUT2D eigenvalue weighted by Gasteiger charge is -2.17. The van der Waals surface area contributed by atoms with Gasteiger partial charge in [0.15, 0.2) is 0 Å². The molecule has 0 radical (unpaired) electrons. The van der Waals surface area contributed by atoms with Gasteiger partial charge in [-0.2, -0.15) is 0 Å². The Morgan fingerprint density at radius 1 is 0.844 bits per heavy atom. The van der Waals surface area contributed by atoms with Crippen LogP contribution < -0.4 is 16.1 Å². The van der Waals surface area contributed by atoms with Crippen LogP contribution in [0.15, 0.2) is 72.8 Å². The Labute approximate surface area is 187 Å². The third kappa shape index (κ3) is 6.92. The van der Waals surface area contributed by atoms with Crippen molar-refractivity contribution >= 4 is 28.5 Å². The first kappa shape index (κ1) is 23.0. The van der Waals surface area contributed by atoms with Crippen molar-refractivity contribution in [1.29, 1.82) is 0 Å². The number of nitrogens with one attached hydrogen (secondary N) is 3. The van der Waals surface area contributed by atoms with Gasteiger partial charge >= 0.3 is 0 Å². The fraction of sp³-hybridized carbons (Fsp3) is 0.240. The second kappa shape index (κ2) is 11.6. The molecule has 0 spiro atoms. The largest absolute Gasteiger partial charge is 0.358 e. The monoisotopic (exact) mass is 433 g/mol. The van der Waals surface area contributed by atoms with E-state index in [4.69, 9.17) is 4.84 Å². The number of carbonyl (C=O) groups is 3. The van der Waals surface area contributed by atoms with Crippen LogP contribution >= 0.6 is 0 Å². The zero-order chi connectivity index (χ0) is 22.8. The van der Waals surface area contributed by atoms with Crippen molar-refractivity contribution in [1.82, 2.24) is 16.1 Å². The number of benzene rings is 3. The molecule has 1 atom stereocenters. The highest BCUT2D eigenvalue weighted by atomic mass is 16.6. The molecule has 3 aromatic rings. The van der Waals surface area contributed by atoms with E-state index < -0.39 is 11.8 Å². The average molecular weight is 434 g/mol. The molecule has 3 rings (SSSR count). The van der Waals surface area contributed by atoms with Gasteiger partial charge < -0.3 is 10.6 Å². The summed E-state index contributed by atoms with van der Waals surface area (Å²) < 4.78 is 0. The van der Waals surface area contributed by atoms with E-state index in [1.165, 1.54) is 7.05 Å². The van der Waals surface area contributed by atoms with Crippen molar-refractivity contribution in [2.75, 3.05) is 13.6 Å². The third-order valence-electron chi connectivity index (χ3n) is 5.07. The standard InChI is InChI=1S/C25H27N3O4/c1-26-24(30)16-27-25(31)22(14-19-11-12-20-9-5-6-10-21(20)13-19)15-23(29)28-32-17-18-7-3-2-4-8-18/h2-13,22H,14-17H2,1H3,(H,26,30)(H,27,31)(H,28,29). The molecule has 1 unspecified atom stereocenters. The summed E-state index contributed by atoms with van der Waals surface area (Å²) in [7, 11) is 1.50. The number of likely N-dealkylation sites (N-methyl/N-ethyl adjacent to an activating group) is 1. The van der Waals surface area contributed by atoms with Crippen LogP contribution in [0.1, 0.15) is 17.5 Å². The number of carbonyl (C=O) groups excluding carboxylic acids is 3. The molecule has 3 aromatic carbocycles. The Morgan fingerprint density at radius 3 is 2.31 bits per heavy atom. The van der Waals surface area contributed by atoms with E-state index in [0.717, 1.165) is 21.9 Å². The average Bonchev–Trinajstić information content (AvgIpc) is 2.82. The highest BCUT2D eigenvalue weighted by Gasteiger charge is 2.23. The van der Waals surface area contributed by atoms with E-state index in [2.05, 4.69) is 16.1 Å². The second-order valence-electron chi connectivity index (χ2n) is 7.48. The van der Waals surface area contributed by atoms with E-state index in [9.17, 15) is 14.4 Å². The van der Waals surface area contributed by atoms with Crippen LogP contribution in [0.2, 0.25) is 0 Å². The Hall–Kier alpha value is -3.71. The summed E-state index contributed by atoms with van der Waals surface area (Å²) in [6.45, 7) is 0.0838. The molecule has 32 heavy (non-hydrogen) atoms. The molecule has 0 aliphatic carbocycles. The predicted molar refractivity (Wildman–Crippen MR) is 122 cm³/mol. The quantitative estimate of drug-likeness (QED) is 0.428. The maximum absolute atomic E-state index is 12.8. The summed E-state index contributed by atoms with van der Waals surface area (Å²) in [5.41, 5.74) is 4.26. The molecular formula is C25H27N3O4. The van der Waals surface area contributed by atoms with Gasteiger partial charge in [-0.15, -0.1) is 0 Å². The summed E-state index contributed by atoms with van der Waals surface area (Å²) in [6.07, 6.45) is 0.289. The molecule has 7 nitrogen and oxygen atoms in total. The Morgan fingerprint density at radius 2 is 1.56 bits per heavy atom. The zero-order valence-corrected chi connectivity index (χ0v) is 18.0. The number of hydrogen-bond donors (Lipinski definition) is 3. The topological polar surface area (TPSA) is 96.5 Å². The van der Waals surface area contributed by atoms with E-state index in [0.29, 0.717) is 6.42 Å². The molecule has 7 heteroatoms. The lowest BCUT2D eigenvalue weighted by Crippen LogP contribution is -2.40. The molecule has 0 saturated carbocycles. The van der Waals surface area contributed by atoms with Crippen molar-refractivity contribution in [2.45, 2.75) is 19.4 Å². The van der Waals surface area contributed by atoms with Crippen LogP contribution in [0.3, 0.4) is 0 Å². The van der Waals surface area contributed by atoms with E-state index in [1.54, 1.807) is 0 Å². The third-order valence-corrected chi connectivity index (χ3v) is 5.07. The fourth-order valence-electron chi connectivity index (χ4n) is 3.35. The Bertz CT molecular complexity index is 1070. The zero-order valence-electron chi connectivity index (χ0n) is 18.0. The highest BCUT2D eigenvalue weighted by Crippen LogP contribution is 2.19. The molecular weight excluding hydrogens is 406 g/mol. The van der Waals surface area contributed by atoms with Gasteiger partial charge in [-0.05, 0) is 28.3 Å². The number of rotatable bonds is 10. The molecule has 0 aliphatic rings. The van der Waals surface area contributed by atoms with Crippen molar-refractivity contribution in [3.63, 3.8) is 0 Å². The molecule has 3 amide bonds. The summed E-state index contributed by atoms with van der Waals surface area (Å²) in [4.78, 5) is 42.0. The molecule has 0 fully saturated rings. The van der Waals surface area contributed by atoms with Crippen molar-refractivity contribution < 1.29 is 19.2 Å². The predicted octanol–water partition coefficient (Wildman–Crippen LogP) is 2.50. The van der Waals surface area contributed by atoms with Gasteiger partial charge in [0.1, 0.15) is 0 Å². The number of amides is 3. The minimum atomic E-state index is -0.652. The second-order valence-corrected chi connectivity index (χ2v) is 7.48. The van der Waals surface area contributed by atoms with E-state index in [-0.39, 0.29) is 31.4 Å². The molecule has 0 heterocycles. The molecule has 0 bridgehead atoms. The van der Waals surface area contributed by atoms with Crippen LogP contribution in [0.4, 0.5) is 0 Å². The Balaban J connectivity index is 1.64. The van der Waals surface area contributed by atoms with Crippen LogP contribution in [0, 0.1) is 5.92 Å². The van der Waals surface area contributed by atoms with Crippen molar-refractivity contribution in [2.24, 2.45) is 5.92 Å². The summed E-state index contributed by atoms with van der Waals surface area (Å²) in [5.74, 6) is -1.72. The van der Waals surface area contributed by atoms with E-state index >= 15 is 0 Å². The minimum absolute atomic E-state index is 0.0683. The van der Waals surface area contributed by atoms with Crippen molar-refractivity contribution in [3.8, 4) is 0 Å². The number of fused-ring (bicyclic) bond motifs is 1. The number of hydrogen-bond acceptors (Lipinski definition) is 4. The summed E-state index contributed by atoms with van der Waals surface area (Å²) in [6, 6.07) is 23.4. The molecule has 0 aromatic heterocycles. The van der Waals surface area contributed by atoms with E-state index in [1.807, 2.05) is 72.8 Å². The van der Waals surface area contributed by atoms with Gasteiger partial charge in [0.2, 0.25) is 17.7 Å². The molecule has 0 saturated heterocycles. The first-order chi connectivity index (χ1) is 15.5. The van der Waals surface area contributed by atoms with Crippen LogP contribution in [-0.4, -0.2) is 31.3 Å². The van der Waals surface area contributed by atoms with Gasteiger partial charge in [0.25, 0.3) is 0 Å². The highest BCUT2D eigenvalue weighted by molar-refractivity contribution is 5.89. The lowest BCUT2D eigenvalue weighted by atomic mass is 9.93. The van der Waals surface area contributed by atoms with Crippen molar-refractivity contribution in [3.05, 3.63) is 83.9 Å². The summed E-state index contributed by atoms with van der Waals surface area (Å²) in [5, 5.41) is 7.23. The van der Waals surface area contributed by atoms with Crippen LogP contribution in [-0.2, 0) is 32.2 Å². The SMILES string of the molecule is CNC(=O)CNC(=O)C(CC(=O)NOCc1ccccc1)Cc1ccc2ccccc2c1. The van der Waals surface area contributed by atoms with Crippen LogP contribution in [0.25, 0.3) is 10.8 Å². The van der Waals surface area contributed by atoms with Gasteiger partial charge in [-0.25, -0.2) is 5.48 Å². The molecule has 166 valence electrons. The first-order valence-electron chi connectivity index (χ1n) is 10.5. The maximum Gasteiger partial charge on any atom is 0.244 e. The molecule has 0 aliphatic heterocycles. The fourth-order valence-corrected chi connectivity index (χ4v) is 3.35. The number of hydroxylamine groups is 1. The minimum Gasteiger partial charge on any atom is -0.358 e. The van der Waals surface area contributed by atoms with Gasteiger partial charge in [0, 0.05) is 13.5 Å². The maximum atomic E-state index is 12.8.